The summed E-state index contributed by atoms with van der Waals surface area (Å²) in [7, 11) is 0. The van der Waals surface area contributed by atoms with E-state index in [0.717, 1.165) is 26.1 Å². The van der Waals surface area contributed by atoms with Crippen molar-refractivity contribution in [2.24, 2.45) is 5.92 Å². The summed E-state index contributed by atoms with van der Waals surface area (Å²) < 4.78 is 5.27. The van der Waals surface area contributed by atoms with Crippen LogP contribution in [0.25, 0.3) is 0 Å². The van der Waals surface area contributed by atoms with Gasteiger partial charge in [-0.25, -0.2) is 0 Å². The van der Waals surface area contributed by atoms with Crippen LogP contribution >= 0.6 is 0 Å². The number of piperidine rings is 1. The SMILES string of the molecule is O=C1CCC2CCOCC2N1. The third-order valence-corrected chi connectivity index (χ3v) is 2.59. The molecule has 3 nitrogen and oxygen atoms in total. The topological polar surface area (TPSA) is 38.3 Å². The quantitative estimate of drug-likeness (QED) is 0.546. The van der Waals surface area contributed by atoms with Crippen molar-refractivity contribution in [1.82, 2.24) is 5.32 Å². The van der Waals surface area contributed by atoms with E-state index in [0.29, 0.717) is 18.4 Å². The van der Waals surface area contributed by atoms with Crippen molar-refractivity contribution in [3.63, 3.8) is 0 Å². The second-order valence-electron chi connectivity index (χ2n) is 3.34. The van der Waals surface area contributed by atoms with Gasteiger partial charge in [0, 0.05) is 13.0 Å². The highest BCUT2D eigenvalue weighted by atomic mass is 16.5. The molecule has 0 saturated carbocycles. The zero-order valence-corrected chi connectivity index (χ0v) is 6.51. The smallest absolute Gasteiger partial charge is 0.220 e. The fourth-order valence-electron chi connectivity index (χ4n) is 1.88. The molecule has 11 heavy (non-hydrogen) atoms. The fraction of sp³-hybridized carbons (Fsp3) is 0.875. The summed E-state index contributed by atoms with van der Waals surface area (Å²) in [5, 5.41) is 2.95. The molecule has 62 valence electrons. The average molecular weight is 155 g/mol. The molecule has 3 heteroatoms. The van der Waals surface area contributed by atoms with Crippen LogP contribution in [0.5, 0.6) is 0 Å². The lowest BCUT2D eigenvalue weighted by Gasteiger charge is -2.35. The molecule has 0 aromatic rings. The lowest BCUT2D eigenvalue weighted by molar-refractivity contribution is -0.126. The molecule has 0 radical (unpaired) electrons. The summed E-state index contributed by atoms with van der Waals surface area (Å²) in [6, 6.07) is 0.310. The van der Waals surface area contributed by atoms with E-state index in [1.807, 2.05) is 0 Å². The Morgan fingerprint density at radius 3 is 3.27 bits per heavy atom. The van der Waals surface area contributed by atoms with Gasteiger partial charge in [-0.3, -0.25) is 4.79 Å². The van der Waals surface area contributed by atoms with Crippen LogP contribution in [0, 0.1) is 5.92 Å². The van der Waals surface area contributed by atoms with Crippen molar-refractivity contribution >= 4 is 5.91 Å². The van der Waals surface area contributed by atoms with E-state index in [9.17, 15) is 4.79 Å². The second-order valence-corrected chi connectivity index (χ2v) is 3.34. The molecule has 0 bridgehead atoms. The molecule has 2 rings (SSSR count). The van der Waals surface area contributed by atoms with Crippen LogP contribution in [0.15, 0.2) is 0 Å². The Kier molecular flexibility index (Phi) is 1.82. The monoisotopic (exact) mass is 155 g/mol. The van der Waals surface area contributed by atoms with Crippen molar-refractivity contribution in [3.8, 4) is 0 Å². The van der Waals surface area contributed by atoms with E-state index in [1.54, 1.807) is 0 Å². The highest BCUT2D eigenvalue weighted by Gasteiger charge is 2.30. The third kappa shape index (κ3) is 1.38. The predicted octanol–water partition coefficient (Wildman–Crippen LogP) is 0.301. The van der Waals surface area contributed by atoms with Crippen LogP contribution in [-0.2, 0) is 9.53 Å². The number of amides is 1. The molecule has 1 amide bonds. The number of nitrogens with one attached hydrogen (secondary N) is 1. The molecule has 2 unspecified atom stereocenters. The minimum atomic E-state index is 0.191. The summed E-state index contributed by atoms with van der Waals surface area (Å²) in [6.45, 7) is 1.59. The van der Waals surface area contributed by atoms with E-state index < -0.39 is 0 Å². The maximum atomic E-state index is 11.0. The van der Waals surface area contributed by atoms with Crippen LogP contribution in [-0.4, -0.2) is 25.2 Å². The van der Waals surface area contributed by atoms with Crippen molar-refractivity contribution in [2.75, 3.05) is 13.2 Å². The third-order valence-electron chi connectivity index (χ3n) is 2.59. The van der Waals surface area contributed by atoms with Crippen LogP contribution < -0.4 is 5.32 Å². The zero-order valence-electron chi connectivity index (χ0n) is 6.51. The van der Waals surface area contributed by atoms with Crippen LogP contribution in [0.1, 0.15) is 19.3 Å². The van der Waals surface area contributed by atoms with Gasteiger partial charge < -0.3 is 10.1 Å². The Labute approximate surface area is 66.1 Å². The van der Waals surface area contributed by atoms with Crippen LogP contribution in [0.3, 0.4) is 0 Å². The number of carbonyl (C=O) groups is 1. The highest BCUT2D eigenvalue weighted by molar-refractivity contribution is 5.77. The molecule has 0 spiro atoms. The molecule has 1 N–H and O–H groups in total. The van der Waals surface area contributed by atoms with E-state index >= 15 is 0 Å². The Bertz CT molecular complexity index is 169. The molecule has 2 aliphatic heterocycles. The fourth-order valence-corrected chi connectivity index (χ4v) is 1.88. The first-order valence-electron chi connectivity index (χ1n) is 4.23. The molecule has 2 fully saturated rings. The molecule has 2 atom stereocenters. The van der Waals surface area contributed by atoms with Gasteiger partial charge in [-0.05, 0) is 18.8 Å². The summed E-state index contributed by atoms with van der Waals surface area (Å²) in [6.07, 6.45) is 2.88. The van der Waals surface area contributed by atoms with E-state index in [4.69, 9.17) is 4.74 Å². The van der Waals surface area contributed by atoms with E-state index in [1.165, 1.54) is 0 Å². The summed E-state index contributed by atoms with van der Waals surface area (Å²) in [5.74, 6) is 0.873. The van der Waals surface area contributed by atoms with E-state index in [-0.39, 0.29) is 5.91 Å². The minimum Gasteiger partial charge on any atom is -0.379 e. The summed E-state index contributed by atoms with van der Waals surface area (Å²) >= 11 is 0. The Morgan fingerprint density at radius 2 is 2.36 bits per heavy atom. The maximum absolute atomic E-state index is 11.0. The van der Waals surface area contributed by atoms with Gasteiger partial charge in [0.2, 0.25) is 5.91 Å². The zero-order chi connectivity index (χ0) is 7.68. The van der Waals surface area contributed by atoms with Gasteiger partial charge in [-0.15, -0.1) is 0 Å². The molecule has 2 aliphatic rings. The molecular weight excluding hydrogens is 142 g/mol. The first-order chi connectivity index (χ1) is 5.36. The number of carbonyl (C=O) groups excluding carboxylic acids is 1. The summed E-state index contributed by atoms with van der Waals surface area (Å²) in [5.41, 5.74) is 0. The number of hydrogen-bond donors (Lipinski definition) is 1. The minimum absolute atomic E-state index is 0.191. The summed E-state index contributed by atoms with van der Waals surface area (Å²) in [4.78, 5) is 11.0. The largest absolute Gasteiger partial charge is 0.379 e. The number of hydrogen-bond acceptors (Lipinski definition) is 2. The normalized spacial score (nSPS) is 37.6. The molecule has 2 saturated heterocycles. The molecule has 0 aromatic heterocycles. The van der Waals surface area contributed by atoms with Crippen LogP contribution in [0.2, 0.25) is 0 Å². The Morgan fingerprint density at radius 1 is 1.45 bits per heavy atom. The number of fused-ring (bicyclic) bond motifs is 1. The van der Waals surface area contributed by atoms with Gasteiger partial charge in [0.25, 0.3) is 0 Å². The molecular formula is C8H13NO2. The Hall–Kier alpha value is -0.570. The van der Waals surface area contributed by atoms with Crippen molar-refractivity contribution in [2.45, 2.75) is 25.3 Å². The van der Waals surface area contributed by atoms with Gasteiger partial charge in [-0.2, -0.15) is 0 Å². The molecule has 0 aromatic carbocycles. The highest BCUT2D eigenvalue weighted by Crippen LogP contribution is 2.24. The first-order valence-corrected chi connectivity index (χ1v) is 4.23. The molecule has 2 heterocycles. The van der Waals surface area contributed by atoms with Crippen molar-refractivity contribution in [1.29, 1.82) is 0 Å². The van der Waals surface area contributed by atoms with Gasteiger partial charge in [-0.1, -0.05) is 0 Å². The second kappa shape index (κ2) is 2.81. The first kappa shape index (κ1) is 7.10. The van der Waals surface area contributed by atoms with Gasteiger partial charge in [0.15, 0.2) is 0 Å². The maximum Gasteiger partial charge on any atom is 0.220 e. The van der Waals surface area contributed by atoms with Gasteiger partial charge in [0.05, 0.1) is 12.6 Å². The predicted molar refractivity (Wildman–Crippen MR) is 40.1 cm³/mol. The van der Waals surface area contributed by atoms with Crippen molar-refractivity contribution in [3.05, 3.63) is 0 Å². The Balaban J connectivity index is 1.98. The number of rotatable bonds is 0. The van der Waals surface area contributed by atoms with Gasteiger partial charge in [0.1, 0.15) is 0 Å². The van der Waals surface area contributed by atoms with Crippen molar-refractivity contribution < 1.29 is 9.53 Å². The standard InChI is InChI=1S/C8H13NO2/c10-8-2-1-6-3-4-11-5-7(6)9-8/h6-7H,1-5H2,(H,9,10). The average Bonchev–Trinajstić information content (AvgIpc) is 2.04. The van der Waals surface area contributed by atoms with Crippen LogP contribution in [0.4, 0.5) is 0 Å². The lowest BCUT2D eigenvalue weighted by Crippen LogP contribution is -2.50. The van der Waals surface area contributed by atoms with Gasteiger partial charge >= 0.3 is 0 Å². The van der Waals surface area contributed by atoms with E-state index in [2.05, 4.69) is 5.32 Å². The molecule has 0 aliphatic carbocycles. The number of ether oxygens (including phenoxy) is 1. The lowest BCUT2D eigenvalue weighted by atomic mass is 9.87.